The fraction of sp³-hybridized carbons (Fsp3) is 0.333. The van der Waals surface area contributed by atoms with E-state index in [1.807, 2.05) is 18.2 Å². The van der Waals surface area contributed by atoms with Crippen LogP contribution in [-0.2, 0) is 19.3 Å². The van der Waals surface area contributed by atoms with Crippen LogP contribution in [0.2, 0.25) is 0 Å². The maximum Gasteiger partial charge on any atom is 0.416 e. The van der Waals surface area contributed by atoms with Crippen LogP contribution in [0.4, 0.5) is 17.6 Å². The zero-order valence-corrected chi connectivity index (χ0v) is 20.8. The SMILES string of the molecule is CN[C@@H](CCn1c(=O)c(Br)c(C)n(Cc2c(F)cccc2C(F)(F)F)c1=O)c1ccccc1OC. The minimum atomic E-state index is -4.81. The Labute approximate surface area is 207 Å². The molecule has 1 atom stereocenters. The van der Waals surface area contributed by atoms with Gasteiger partial charge < -0.3 is 10.1 Å². The first-order valence-electron chi connectivity index (χ1n) is 10.7. The van der Waals surface area contributed by atoms with Crippen molar-refractivity contribution in [3.05, 3.63) is 96.0 Å². The predicted molar refractivity (Wildman–Crippen MR) is 127 cm³/mol. The second-order valence-electron chi connectivity index (χ2n) is 7.86. The Bertz CT molecular complexity index is 1340. The highest BCUT2D eigenvalue weighted by molar-refractivity contribution is 9.10. The van der Waals surface area contributed by atoms with E-state index in [0.29, 0.717) is 12.2 Å². The standard InChI is InChI=1S/C24H24BrF4N3O3/c1-14-21(25)22(33)31(12-11-19(30-2)15-7-4-5-10-20(15)35-3)23(34)32(14)13-16-17(24(27,28)29)8-6-9-18(16)26/h4-10,19,30H,11-13H2,1-3H3/t19-/m0/s1. The van der Waals surface area contributed by atoms with Gasteiger partial charge in [0.2, 0.25) is 0 Å². The van der Waals surface area contributed by atoms with Crippen LogP contribution in [0.15, 0.2) is 56.5 Å². The summed E-state index contributed by atoms with van der Waals surface area (Å²) < 4.78 is 62.2. The molecule has 0 aliphatic rings. The second-order valence-corrected chi connectivity index (χ2v) is 8.65. The van der Waals surface area contributed by atoms with E-state index in [-0.39, 0.29) is 22.8 Å². The molecule has 0 spiro atoms. The van der Waals surface area contributed by atoms with Gasteiger partial charge in [0.25, 0.3) is 5.56 Å². The van der Waals surface area contributed by atoms with Crippen LogP contribution in [0.5, 0.6) is 5.75 Å². The van der Waals surface area contributed by atoms with Crippen LogP contribution in [0.3, 0.4) is 0 Å². The largest absolute Gasteiger partial charge is 0.496 e. The Morgan fingerprint density at radius 3 is 2.40 bits per heavy atom. The number of benzene rings is 2. The molecule has 2 aromatic carbocycles. The first-order valence-corrected chi connectivity index (χ1v) is 11.4. The van der Waals surface area contributed by atoms with Gasteiger partial charge in [0.05, 0.1) is 19.2 Å². The van der Waals surface area contributed by atoms with Crippen molar-refractivity contribution in [2.24, 2.45) is 0 Å². The number of hydrogen-bond acceptors (Lipinski definition) is 4. The zero-order chi connectivity index (χ0) is 25.9. The Kier molecular flexibility index (Phi) is 8.22. The lowest BCUT2D eigenvalue weighted by atomic mass is 10.0. The molecule has 0 amide bonds. The number of hydrogen-bond donors (Lipinski definition) is 1. The molecule has 0 radical (unpaired) electrons. The van der Waals surface area contributed by atoms with E-state index >= 15 is 0 Å². The second kappa shape index (κ2) is 10.8. The minimum Gasteiger partial charge on any atom is -0.496 e. The number of nitrogens with zero attached hydrogens (tertiary/aromatic N) is 2. The zero-order valence-electron chi connectivity index (χ0n) is 19.2. The van der Waals surface area contributed by atoms with Gasteiger partial charge in [-0.3, -0.25) is 13.9 Å². The van der Waals surface area contributed by atoms with Crippen molar-refractivity contribution in [3.63, 3.8) is 0 Å². The average Bonchev–Trinajstić information content (AvgIpc) is 2.83. The molecule has 0 aliphatic carbocycles. The van der Waals surface area contributed by atoms with Crippen LogP contribution < -0.4 is 21.3 Å². The van der Waals surface area contributed by atoms with Crippen LogP contribution in [0.1, 0.15) is 34.8 Å². The number of methoxy groups -OCH3 is 1. The highest BCUT2D eigenvalue weighted by Crippen LogP contribution is 2.33. The molecular formula is C24H24BrF4N3O3. The Morgan fingerprint density at radius 1 is 1.09 bits per heavy atom. The predicted octanol–water partition coefficient (Wildman–Crippen LogP) is 4.65. The van der Waals surface area contributed by atoms with Gasteiger partial charge in [-0.25, -0.2) is 9.18 Å². The molecule has 1 aromatic heterocycles. The molecule has 0 saturated heterocycles. The first-order chi connectivity index (χ1) is 16.5. The van der Waals surface area contributed by atoms with E-state index in [0.717, 1.165) is 32.9 Å². The molecule has 1 heterocycles. The van der Waals surface area contributed by atoms with Crippen molar-refractivity contribution in [1.29, 1.82) is 0 Å². The van der Waals surface area contributed by atoms with Crippen molar-refractivity contribution < 1.29 is 22.3 Å². The van der Waals surface area contributed by atoms with Gasteiger partial charge in [0.15, 0.2) is 0 Å². The third-order valence-corrected chi connectivity index (χ3v) is 6.77. The molecule has 11 heteroatoms. The lowest BCUT2D eigenvalue weighted by molar-refractivity contribution is -0.138. The number of para-hydroxylation sites is 1. The van der Waals surface area contributed by atoms with Gasteiger partial charge in [-0.1, -0.05) is 24.3 Å². The molecule has 0 unspecified atom stereocenters. The minimum absolute atomic E-state index is 0.0142. The van der Waals surface area contributed by atoms with Gasteiger partial charge in [0, 0.05) is 29.4 Å². The lowest BCUT2D eigenvalue weighted by Crippen LogP contribution is -2.42. The summed E-state index contributed by atoms with van der Waals surface area (Å²) in [5.41, 5.74) is -2.39. The molecular weight excluding hydrogens is 534 g/mol. The quantitative estimate of drug-likeness (QED) is 0.409. The summed E-state index contributed by atoms with van der Waals surface area (Å²) in [6, 6.07) is 9.62. The third-order valence-electron chi connectivity index (χ3n) is 5.86. The highest BCUT2D eigenvalue weighted by atomic mass is 79.9. The molecule has 0 saturated carbocycles. The van der Waals surface area contributed by atoms with Crippen molar-refractivity contribution in [3.8, 4) is 5.75 Å². The van der Waals surface area contributed by atoms with E-state index in [9.17, 15) is 27.2 Å². The smallest absolute Gasteiger partial charge is 0.416 e. The van der Waals surface area contributed by atoms with Gasteiger partial charge >= 0.3 is 11.9 Å². The van der Waals surface area contributed by atoms with E-state index in [4.69, 9.17) is 4.74 Å². The van der Waals surface area contributed by atoms with Crippen molar-refractivity contribution in [1.82, 2.24) is 14.5 Å². The summed E-state index contributed by atoms with van der Waals surface area (Å²) >= 11 is 3.15. The van der Waals surface area contributed by atoms with Crippen LogP contribution in [0.25, 0.3) is 0 Å². The Balaban J connectivity index is 2.03. The van der Waals surface area contributed by atoms with Crippen molar-refractivity contribution in [2.45, 2.75) is 38.7 Å². The van der Waals surface area contributed by atoms with Crippen LogP contribution in [-0.4, -0.2) is 23.3 Å². The summed E-state index contributed by atoms with van der Waals surface area (Å²) in [6.45, 7) is 0.688. The van der Waals surface area contributed by atoms with Crippen LogP contribution >= 0.6 is 15.9 Å². The number of aromatic nitrogens is 2. The summed E-state index contributed by atoms with van der Waals surface area (Å²) in [5, 5.41) is 3.12. The molecule has 0 aliphatic heterocycles. The number of alkyl halides is 3. The monoisotopic (exact) mass is 557 g/mol. The maximum atomic E-state index is 14.5. The summed E-state index contributed by atoms with van der Waals surface area (Å²) in [7, 11) is 3.25. The number of halogens is 5. The van der Waals surface area contributed by atoms with Gasteiger partial charge in [-0.2, -0.15) is 13.2 Å². The topological polar surface area (TPSA) is 65.3 Å². The van der Waals surface area contributed by atoms with Gasteiger partial charge in [-0.05, 0) is 54.5 Å². The average molecular weight is 558 g/mol. The summed E-state index contributed by atoms with van der Waals surface area (Å²) in [5.74, 6) is -0.465. The fourth-order valence-electron chi connectivity index (χ4n) is 3.96. The molecule has 35 heavy (non-hydrogen) atoms. The molecule has 6 nitrogen and oxygen atoms in total. The van der Waals surface area contributed by atoms with Crippen molar-refractivity contribution >= 4 is 15.9 Å². The number of ether oxygens (including phenoxy) is 1. The van der Waals surface area contributed by atoms with E-state index in [1.165, 1.54) is 14.0 Å². The molecule has 188 valence electrons. The summed E-state index contributed by atoms with van der Waals surface area (Å²) in [6.07, 6.45) is -4.51. The van der Waals surface area contributed by atoms with E-state index < -0.39 is 40.9 Å². The van der Waals surface area contributed by atoms with Gasteiger partial charge in [0.1, 0.15) is 16.0 Å². The molecule has 3 aromatic rings. The Hall–Kier alpha value is -2.92. The molecule has 1 N–H and O–H groups in total. The van der Waals surface area contributed by atoms with Crippen LogP contribution in [0, 0.1) is 12.7 Å². The normalized spacial score (nSPS) is 12.6. The lowest BCUT2D eigenvalue weighted by Gasteiger charge is -2.21. The fourth-order valence-corrected chi connectivity index (χ4v) is 4.39. The highest BCUT2D eigenvalue weighted by Gasteiger charge is 2.35. The van der Waals surface area contributed by atoms with Gasteiger partial charge in [-0.15, -0.1) is 0 Å². The van der Waals surface area contributed by atoms with E-state index in [2.05, 4.69) is 21.2 Å². The first kappa shape index (κ1) is 26.7. The molecule has 0 bridgehead atoms. The summed E-state index contributed by atoms with van der Waals surface area (Å²) in [4.78, 5) is 26.1. The molecule has 0 fully saturated rings. The Morgan fingerprint density at radius 2 is 1.77 bits per heavy atom. The van der Waals surface area contributed by atoms with Crippen molar-refractivity contribution in [2.75, 3.05) is 14.2 Å². The number of rotatable bonds is 8. The number of nitrogens with one attached hydrogen (secondary N) is 1. The van der Waals surface area contributed by atoms with E-state index in [1.54, 1.807) is 13.1 Å². The molecule has 3 rings (SSSR count). The maximum absolute atomic E-state index is 14.5. The third kappa shape index (κ3) is 5.51.